The second-order valence-corrected chi connectivity index (χ2v) is 8.39. The fraction of sp³-hybridized carbons (Fsp3) is 0.500. The lowest BCUT2D eigenvalue weighted by Crippen LogP contribution is -2.20. The van der Waals surface area contributed by atoms with Gasteiger partial charge in [-0.15, -0.1) is 11.8 Å². The summed E-state index contributed by atoms with van der Waals surface area (Å²) >= 11 is 2.04. The summed E-state index contributed by atoms with van der Waals surface area (Å²) in [4.78, 5) is 31.0. The van der Waals surface area contributed by atoms with Crippen LogP contribution in [0.25, 0.3) is 10.9 Å². The number of aromatic nitrogens is 2. The molecular formula is C18H20N2O4S. The Labute approximate surface area is 149 Å². The van der Waals surface area contributed by atoms with Crippen LogP contribution in [0.3, 0.4) is 0 Å². The topological polar surface area (TPSA) is 81.3 Å². The lowest BCUT2D eigenvalue weighted by molar-refractivity contribution is 0.0524. The second-order valence-electron chi connectivity index (χ2n) is 6.62. The molecule has 0 radical (unpaired) electrons. The molecule has 1 N–H and O–H groups in total. The van der Waals surface area contributed by atoms with Gasteiger partial charge in [0.25, 0.3) is 5.56 Å². The molecule has 0 saturated heterocycles. The van der Waals surface area contributed by atoms with E-state index in [2.05, 4.69) is 9.97 Å². The van der Waals surface area contributed by atoms with E-state index in [0.717, 1.165) is 5.25 Å². The molecule has 0 amide bonds. The number of nitrogens with one attached hydrogen (secondary N) is 1. The van der Waals surface area contributed by atoms with Crippen molar-refractivity contribution in [3.05, 3.63) is 34.4 Å². The van der Waals surface area contributed by atoms with E-state index in [1.807, 2.05) is 11.8 Å². The number of pyridine rings is 2. The molecule has 0 aromatic carbocycles. The van der Waals surface area contributed by atoms with Crippen LogP contribution >= 0.6 is 11.8 Å². The largest absolute Gasteiger partial charge is 0.488 e. The van der Waals surface area contributed by atoms with Crippen molar-refractivity contribution in [1.82, 2.24) is 9.97 Å². The van der Waals surface area contributed by atoms with Gasteiger partial charge in [-0.3, -0.25) is 9.78 Å². The molecule has 0 unspecified atom stereocenters. The summed E-state index contributed by atoms with van der Waals surface area (Å²) in [5.74, 6) is -0.0811. The molecule has 0 atom stereocenters. The van der Waals surface area contributed by atoms with Gasteiger partial charge in [0.1, 0.15) is 12.2 Å². The van der Waals surface area contributed by atoms with E-state index in [9.17, 15) is 9.59 Å². The van der Waals surface area contributed by atoms with Gasteiger partial charge < -0.3 is 14.5 Å². The third kappa shape index (κ3) is 3.51. The lowest BCUT2D eigenvalue weighted by Gasteiger charge is -2.16. The molecule has 2 aromatic rings. The van der Waals surface area contributed by atoms with Crippen molar-refractivity contribution in [3.8, 4) is 5.75 Å². The summed E-state index contributed by atoms with van der Waals surface area (Å²) in [7, 11) is 0. The summed E-state index contributed by atoms with van der Waals surface area (Å²) in [5.41, 5.74) is 0.0759. The Bertz CT molecular complexity index is 871. The monoisotopic (exact) mass is 360 g/mol. The van der Waals surface area contributed by atoms with Gasteiger partial charge in [-0.2, -0.15) is 0 Å². The molecule has 2 aliphatic rings. The van der Waals surface area contributed by atoms with Crippen LogP contribution in [-0.4, -0.2) is 39.1 Å². The summed E-state index contributed by atoms with van der Waals surface area (Å²) in [6, 6.07) is 1.51. The minimum absolute atomic E-state index is 0.0174. The fourth-order valence-electron chi connectivity index (χ4n) is 2.76. The van der Waals surface area contributed by atoms with Crippen LogP contribution in [-0.2, 0) is 4.74 Å². The maximum Gasteiger partial charge on any atom is 0.343 e. The Morgan fingerprint density at radius 1 is 1.40 bits per heavy atom. The molecule has 0 aliphatic heterocycles. The quantitative estimate of drug-likeness (QED) is 0.765. The molecule has 4 rings (SSSR count). The van der Waals surface area contributed by atoms with Crippen molar-refractivity contribution in [3.63, 3.8) is 0 Å². The highest BCUT2D eigenvalue weighted by Crippen LogP contribution is 2.55. The first-order chi connectivity index (χ1) is 12.1. The van der Waals surface area contributed by atoms with Crippen molar-refractivity contribution in [2.24, 2.45) is 0 Å². The standard InChI is InChI=1S/C18H20N2O4S/c1-2-23-17(22)13-7-11-8-19-9-14(15(11)20-16(13)21)24-10-18(5-6-18)25-12-3-4-12/h7-9,12H,2-6,10H2,1H3,(H,20,21). The van der Waals surface area contributed by atoms with Crippen molar-refractivity contribution in [2.75, 3.05) is 13.2 Å². The molecular weight excluding hydrogens is 340 g/mol. The van der Waals surface area contributed by atoms with Gasteiger partial charge >= 0.3 is 5.97 Å². The second kappa shape index (κ2) is 6.37. The van der Waals surface area contributed by atoms with Gasteiger partial charge in [0.05, 0.1) is 23.1 Å². The van der Waals surface area contributed by atoms with E-state index < -0.39 is 11.5 Å². The number of thioether (sulfide) groups is 1. The van der Waals surface area contributed by atoms with E-state index in [4.69, 9.17) is 9.47 Å². The molecule has 7 heteroatoms. The van der Waals surface area contributed by atoms with E-state index in [1.54, 1.807) is 19.3 Å². The molecule has 2 heterocycles. The first kappa shape index (κ1) is 16.4. The van der Waals surface area contributed by atoms with Crippen LogP contribution in [0.4, 0.5) is 0 Å². The number of hydrogen-bond donors (Lipinski definition) is 1. The highest BCUT2D eigenvalue weighted by molar-refractivity contribution is 8.01. The Morgan fingerprint density at radius 3 is 2.88 bits per heavy atom. The molecule has 2 aliphatic carbocycles. The number of esters is 1. The smallest absolute Gasteiger partial charge is 0.343 e. The van der Waals surface area contributed by atoms with Crippen molar-refractivity contribution in [2.45, 2.75) is 42.6 Å². The zero-order chi connectivity index (χ0) is 17.4. The predicted octanol–water partition coefficient (Wildman–Crippen LogP) is 2.91. The molecule has 0 bridgehead atoms. The zero-order valence-electron chi connectivity index (χ0n) is 14.0. The number of hydrogen-bond acceptors (Lipinski definition) is 6. The summed E-state index contributed by atoms with van der Waals surface area (Å²) in [6.45, 7) is 2.54. The van der Waals surface area contributed by atoms with E-state index in [0.29, 0.717) is 23.3 Å². The maximum atomic E-state index is 12.2. The van der Waals surface area contributed by atoms with Crippen LogP contribution in [0.15, 0.2) is 23.3 Å². The number of aromatic amines is 1. The average molecular weight is 360 g/mol. The van der Waals surface area contributed by atoms with Crippen LogP contribution < -0.4 is 10.3 Å². The number of nitrogens with zero attached hydrogens (tertiary/aromatic N) is 1. The zero-order valence-corrected chi connectivity index (χ0v) is 14.9. The molecule has 132 valence electrons. The summed E-state index contributed by atoms with van der Waals surface area (Å²) in [6.07, 6.45) is 8.19. The highest BCUT2D eigenvalue weighted by Gasteiger charge is 2.48. The van der Waals surface area contributed by atoms with Gasteiger partial charge in [-0.25, -0.2) is 4.79 Å². The van der Waals surface area contributed by atoms with Crippen LogP contribution in [0.1, 0.15) is 43.0 Å². The third-order valence-corrected chi connectivity index (χ3v) is 6.29. The number of carbonyl (C=O) groups excluding carboxylic acids is 1. The highest BCUT2D eigenvalue weighted by atomic mass is 32.2. The van der Waals surface area contributed by atoms with Gasteiger partial charge in [0.15, 0.2) is 5.75 Å². The van der Waals surface area contributed by atoms with Crippen LogP contribution in [0.5, 0.6) is 5.75 Å². The van der Waals surface area contributed by atoms with E-state index >= 15 is 0 Å². The van der Waals surface area contributed by atoms with Crippen molar-refractivity contribution < 1.29 is 14.3 Å². The van der Waals surface area contributed by atoms with Gasteiger partial charge in [-0.05, 0) is 38.7 Å². The maximum absolute atomic E-state index is 12.2. The van der Waals surface area contributed by atoms with Crippen LogP contribution in [0.2, 0.25) is 0 Å². The van der Waals surface area contributed by atoms with E-state index in [-0.39, 0.29) is 16.9 Å². The van der Waals surface area contributed by atoms with Gasteiger partial charge in [0.2, 0.25) is 0 Å². The van der Waals surface area contributed by atoms with Gasteiger partial charge in [0, 0.05) is 16.8 Å². The normalized spacial score (nSPS) is 18.1. The average Bonchev–Trinajstić information content (AvgIpc) is 3.52. The number of ether oxygens (including phenoxy) is 2. The molecule has 25 heavy (non-hydrogen) atoms. The SMILES string of the molecule is CCOC(=O)c1cc2cncc(OCC3(SC4CC4)CC3)c2[nH]c1=O. The molecule has 2 saturated carbocycles. The van der Waals surface area contributed by atoms with Crippen molar-refractivity contribution >= 4 is 28.6 Å². The van der Waals surface area contributed by atoms with Gasteiger partial charge in [-0.1, -0.05) is 0 Å². The number of fused-ring (bicyclic) bond motifs is 1. The Hall–Kier alpha value is -2.02. The number of H-pyrrole nitrogens is 1. The molecule has 2 fully saturated rings. The molecule has 2 aromatic heterocycles. The first-order valence-corrected chi connectivity index (χ1v) is 9.47. The predicted molar refractivity (Wildman–Crippen MR) is 96.4 cm³/mol. The first-order valence-electron chi connectivity index (χ1n) is 8.59. The third-order valence-electron chi connectivity index (χ3n) is 4.46. The summed E-state index contributed by atoms with van der Waals surface area (Å²) in [5, 5.41) is 1.45. The minimum atomic E-state index is -0.630. The number of carbonyl (C=O) groups is 1. The van der Waals surface area contributed by atoms with Crippen molar-refractivity contribution in [1.29, 1.82) is 0 Å². The van der Waals surface area contributed by atoms with E-state index in [1.165, 1.54) is 31.7 Å². The Morgan fingerprint density at radius 2 is 2.20 bits per heavy atom. The summed E-state index contributed by atoms with van der Waals surface area (Å²) < 4.78 is 11.2. The minimum Gasteiger partial charge on any atom is -0.488 e. The lowest BCUT2D eigenvalue weighted by atomic mass is 10.2. The Kier molecular flexibility index (Phi) is 4.19. The Balaban J connectivity index is 1.58. The molecule has 6 nitrogen and oxygen atoms in total. The fourth-order valence-corrected chi connectivity index (χ4v) is 4.30. The van der Waals surface area contributed by atoms with Crippen LogP contribution in [0, 0.1) is 0 Å². The number of rotatable bonds is 7. The molecule has 0 spiro atoms.